The molecule has 0 aromatic heterocycles. The molecule has 218 valence electrons. The molecule has 0 unspecified atom stereocenters. The van der Waals surface area contributed by atoms with Gasteiger partial charge < -0.3 is 24.8 Å². The van der Waals surface area contributed by atoms with E-state index < -0.39 is 30.0 Å². The summed E-state index contributed by atoms with van der Waals surface area (Å²) < 4.78 is 11.0. The first-order valence-electron chi connectivity index (χ1n) is 13.9. The summed E-state index contributed by atoms with van der Waals surface area (Å²) in [5.41, 5.74) is 5.11. The number of carboxylic acid groups (broad SMARTS) is 1. The highest BCUT2D eigenvalue weighted by Crippen LogP contribution is 2.44. The van der Waals surface area contributed by atoms with Gasteiger partial charge >= 0.3 is 18.0 Å². The highest BCUT2D eigenvalue weighted by molar-refractivity contribution is 5.90. The second-order valence-electron chi connectivity index (χ2n) is 10.4. The van der Waals surface area contributed by atoms with E-state index in [2.05, 4.69) is 5.32 Å². The van der Waals surface area contributed by atoms with Crippen LogP contribution in [0.4, 0.5) is 4.79 Å². The Bertz CT molecular complexity index is 1390. The summed E-state index contributed by atoms with van der Waals surface area (Å²) in [5, 5.41) is 11.7. The molecule has 0 spiro atoms. The molecule has 2 amide bonds. The van der Waals surface area contributed by atoms with Gasteiger partial charge in [-0.05, 0) is 27.8 Å². The van der Waals surface area contributed by atoms with Crippen molar-refractivity contribution in [1.29, 1.82) is 0 Å². The number of carbonyl (C=O) groups excluding carboxylic acids is 3. The Morgan fingerprint density at radius 1 is 0.810 bits per heavy atom. The first kappa shape index (κ1) is 28.8. The molecule has 10 nitrogen and oxygen atoms in total. The van der Waals surface area contributed by atoms with E-state index in [1.165, 1.54) is 4.90 Å². The number of esters is 1. The van der Waals surface area contributed by atoms with Crippen molar-refractivity contribution in [2.75, 3.05) is 39.3 Å². The average molecular weight is 572 g/mol. The van der Waals surface area contributed by atoms with E-state index in [-0.39, 0.29) is 45.2 Å². The Kier molecular flexibility index (Phi) is 9.13. The Labute approximate surface area is 243 Å². The molecule has 1 aliphatic heterocycles. The molecule has 1 heterocycles. The van der Waals surface area contributed by atoms with Crippen LogP contribution in [-0.4, -0.2) is 84.2 Å². The van der Waals surface area contributed by atoms with Gasteiger partial charge in [-0.3, -0.25) is 19.3 Å². The first-order valence-corrected chi connectivity index (χ1v) is 13.9. The fourth-order valence-corrected chi connectivity index (χ4v) is 5.48. The zero-order valence-electron chi connectivity index (χ0n) is 23.1. The van der Waals surface area contributed by atoms with Crippen molar-refractivity contribution in [3.05, 3.63) is 95.6 Å². The molecule has 1 atom stereocenters. The van der Waals surface area contributed by atoms with Gasteiger partial charge in [-0.25, -0.2) is 4.79 Å². The van der Waals surface area contributed by atoms with Crippen LogP contribution >= 0.6 is 0 Å². The van der Waals surface area contributed by atoms with Gasteiger partial charge in [-0.15, -0.1) is 0 Å². The van der Waals surface area contributed by atoms with Crippen LogP contribution in [0.5, 0.6) is 0 Å². The number of nitrogens with zero attached hydrogens (tertiary/aromatic N) is 2. The fraction of sp³-hybridized carbons (Fsp3) is 0.312. The van der Waals surface area contributed by atoms with Crippen molar-refractivity contribution in [3.63, 3.8) is 0 Å². The lowest BCUT2D eigenvalue weighted by molar-refractivity contribution is -0.149. The lowest BCUT2D eigenvalue weighted by Gasteiger charge is -2.35. The Balaban J connectivity index is 1.23. The third-order valence-corrected chi connectivity index (χ3v) is 7.59. The van der Waals surface area contributed by atoms with Gasteiger partial charge in [0.25, 0.3) is 0 Å². The molecule has 42 heavy (non-hydrogen) atoms. The molecule has 5 rings (SSSR count). The maximum absolute atomic E-state index is 13.5. The van der Waals surface area contributed by atoms with Gasteiger partial charge in [-0.2, -0.15) is 0 Å². The largest absolute Gasteiger partial charge is 0.480 e. The minimum atomic E-state index is -1.20. The quantitative estimate of drug-likeness (QED) is 0.356. The summed E-state index contributed by atoms with van der Waals surface area (Å²) in [7, 11) is 0. The Morgan fingerprint density at radius 2 is 1.40 bits per heavy atom. The number of benzene rings is 3. The van der Waals surface area contributed by atoms with Gasteiger partial charge in [0.1, 0.15) is 19.3 Å². The number of aliphatic carboxylic acids is 1. The molecule has 3 aromatic rings. The van der Waals surface area contributed by atoms with Crippen LogP contribution < -0.4 is 5.32 Å². The topological polar surface area (TPSA) is 125 Å². The number of amides is 2. The number of piperazine rings is 1. The number of ether oxygens (including phenoxy) is 2. The smallest absolute Gasteiger partial charge is 0.407 e. The van der Waals surface area contributed by atoms with Gasteiger partial charge in [0.2, 0.25) is 5.91 Å². The third-order valence-electron chi connectivity index (χ3n) is 7.59. The molecule has 1 fully saturated rings. The van der Waals surface area contributed by atoms with E-state index in [9.17, 15) is 19.2 Å². The number of rotatable bonds is 10. The predicted molar refractivity (Wildman–Crippen MR) is 154 cm³/mol. The van der Waals surface area contributed by atoms with Crippen molar-refractivity contribution in [2.24, 2.45) is 0 Å². The lowest BCUT2D eigenvalue weighted by Crippen LogP contribution is -2.56. The van der Waals surface area contributed by atoms with E-state index in [1.807, 2.05) is 78.9 Å². The Morgan fingerprint density at radius 3 is 2.02 bits per heavy atom. The number of carboxylic acids is 1. The first-order chi connectivity index (χ1) is 20.4. The van der Waals surface area contributed by atoms with E-state index in [0.29, 0.717) is 13.1 Å². The van der Waals surface area contributed by atoms with Crippen LogP contribution in [0.25, 0.3) is 11.1 Å². The summed E-state index contributed by atoms with van der Waals surface area (Å²) in [5.74, 6) is -2.18. The number of hydrogen-bond donors (Lipinski definition) is 2. The van der Waals surface area contributed by atoms with E-state index in [1.54, 1.807) is 4.90 Å². The minimum absolute atomic E-state index is 0.0411. The minimum Gasteiger partial charge on any atom is -0.480 e. The molecule has 10 heteroatoms. The standard InChI is InChI=1S/C32H33N3O7/c36-29(37)19-34-14-16-35(17-15-34)31(39)28(18-30(38)41-20-22-8-2-1-3-9-22)33-32(40)42-21-27-25-12-6-4-10-23(25)24-11-5-7-13-26(24)27/h1-13,27-28H,14-21H2,(H,33,40)(H,36,37)/t28-/m0/s1. The van der Waals surface area contributed by atoms with Gasteiger partial charge in [0.05, 0.1) is 13.0 Å². The summed E-state index contributed by atoms with van der Waals surface area (Å²) in [6.07, 6.45) is -1.18. The second kappa shape index (κ2) is 13.3. The molecule has 0 bridgehead atoms. The average Bonchev–Trinajstić information content (AvgIpc) is 3.32. The molecule has 0 radical (unpaired) electrons. The van der Waals surface area contributed by atoms with Gasteiger partial charge in [0.15, 0.2) is 0 Å². The van der Waals surface area contributed by atoms with Crippen LogP contribution in [0.3, 0.4) is 0 Å². The summed E-state index contributed by atoms with van der Waals surface area (Å²) in [4.78, 5) is 53.6. The highest BCUT2D eigenvalue weighted by Gasteiger charge is 2.33. The van der Waals surface area contributed by atoms with E-state index in [4.69, 9.17) is 14.6 Å². The van der Waals surface area contributed by atoms with Crippen LogP contribution in [-0.2, 0) is 30.5 Å². The maximum Gasteiger partial charge on any atom is 0.407 e. The number of fused-ring (bicyclic) bond motifs is 3. The summed E-state index contributed by atoms with van der Waals surface area (Å²) in [6, 6.07) is 23.9. The molecule has 1 aliphatic carbocycles. The van der Waals surface area contributed by atoms with Crippen LogP contribution in [0.2, 0.25) is 0 Å². The van der Waals surface area contributed by atoms with Crippen LogP contribution in [0.1, 0.15) is 29.0 Å². The number of hydrogen-bond acceptors (Lipinski definition) is 7. The van der Waals surface area contributed by atoms with E-state index in [0.717, 1.165) is 27.8 Å². The third kappa shape index (κ3) is 6.95. The Hall–Kier alpha value is -4.70. The lowest BCUT2D eigenvalue weighted by atomic mass is 9.98. The monoisotopic (exact) mass is 571 g/mol. The molecular weight excluding hydrogens is 538 g/mol. The normalized spacial score (nSPS) is 15.3. The zero-order chi connectivity index (χ0) is 29.5. The predicted octanol–water partition coefficient (Wildman–Crippen LogP) is 3.26. The summed E-state index contributed by atoms with van der Waals surface area (Å²) >= 11 is 0. The van der Waals surface area contributed by atoms with Crippen LogP contribution in [0.15, 0.2) is 78.9 Å². The molecule has 3 aromatic carbocycles. The number of carbonyl (C=O) groups is 4. The van der Waals surface area contributed by atoms with Crippen LogP contribution in [0, 0.1) is 0 Å². The summed E-state index contributed by atoms with van der Waals surface area (Å²) in [6.45, 7) is 1.27. The van der Waals surface area contributed by atoms with E-state index >= 15 is 0 Å². The maximum atomic E-state index is 13.5. The van der Waals surface area contributed by atoms with Gasteiger partial charge in [-0.1, -0.05) is 78.9 Å². The number of alkyl carbamates (subject to hydrolysis) is 1. The van der Waals surface area contributed by atoms with Crippen molar-refractivity contribution in [3.8, 4) is 11.1 Å². The van der Waals surface area contributed by atoms with Gasteiger partial charge in [0, 0.05) is 32.1 Å². The highest BCUT2D eigenvalue weighted by atomic mass is 16.5. The zero-order valence-corrected chi connectivity index (χ0v) is 23.1. The fourth-order valence-electron chi connectivity index (χ4n) is 5.48. The molecule has 2 N–H and O–H groups in total. The SMILES string of the molecule is O=C(O)CN1CCN(C(=O)[C@H](CC(=O)OCc2ccccc2)NC(=O)OCC2c3ccccc3-c3ccccc32)CC1. The number of nitrogens with one attached hydrogen (secondary N) is 1. The van der Waals surface area contributed by atoms with Crippen molar-refractivity contribution in [2.45, 2.75) is 25.0 Å². The van der Waals surface area contributed by atoms with Crippen molar-refractivity contribution < 1.29 is 33.8 Å². The van der Waals surface area contributed by atoms with Crippen molar-refractivity contribution >= 4 is 23.9 Å². The molecule has 0 saturated carbocycles. The second-order valence-corrected chi connectivity index (χ2v) is 10.4. The molecule has 1 saturated heterocycles. The van der Waals surface area contributed by atoms with Crippen molar-refractivity contribution in [1.82, 2.24) is 15.1 Å². The molecular formula is C32H33N3O7. The molecule has 2 aliphatic rings.